The fourth-order valence-corrected chi connectivity index (χ4v) is 1.09. The van der Waals surface area contributed by atoms with E-state index >= 15 is 0 Å². The molecule has 0 aliphatic carbocycles. The molecule has 0 aliphatic rings. The number of benzene rings is 1. The minimum atomic E-state index is -1.45. The molecule has 0 aliphatic heterocycles. The van der Waals surface area contributed by atoms with Gasteiger partial charge in [0, 0.05) is 5.56 Å². The molecule has 0 saturated carbocycles. The van der Waals surface area contributed by atoms with Gasteiger partial charge in [0.25, 0.3) is 0 Å². The second kappa shape index (κ2) is 5.75. The van der Waals surface area contributed by atoms with Crippen LogP contribution in [0, 0.1) is 0 Å². The van der Waals surface area contributed by atoms with Crippen LogP contribution in [0.4, 0.5) is 0 Å². The van der Waals surface area contributed by atoms with Gasteiger partial charge in [0.05, 0.1) is 0 Å². The van der Waals surface area contributed by atoms with E-state index in [2.05, 4.69) is 0 Å². The fraction of sp³-hybridized carbons (Fsp3) is 0.273. The highest BCUT2D eigenvalue weighted by Crippen LogP contribution is 2.31. The van der Waals surface area contributed by atoms with Crippen molar-refractivity contribution in [3.63, 3.8) is 0 Å². The molecule has 0 aromatic heterocycles. The summed E-state index contributed by atoms with van der Waals surface area (Å²) >= 11 is 0. The third kappa shape index (κ3) is 2.73. The van der Waals surface area contributed by atoms with E-state index in [0.717, 1.165) is 12.1 Å². The highest BCUT2D eigenvalue weighted by Gasteiger charge is 2.20. The first-order chi connectivity index (χ1) is 7.45. The summed E-state index contributed by atoms with van der Waals surface area (Å²) in [6.07, 6.45) is 0. The van der Waals surface area contributed by atoms with E-state index in [0.29, 0.717) is 0 Å². The first-order valence-corrected chi connectivity index (χ1v) is 4.74. The first-order valence-electron chi connectivity index (χ1n) is 4.74. The molecule has 0 amide bonds. The van der Waals surface area contributed by atoms with Crippen LogP contribution >= 0.6 is 0 Å². The quantitative estimate of drug-likeness (QED) is 0.529. The summed E-state index contributed by atoms with van der Waals surface area (Å²) in [6, 6.07) is 2.22. The molecule has 5 heteroatoms. The summed E-state index contributed by atoms with van der Waals surface area (Å²) in [5, 5.41) is 26.9. The molecule has 1 rings (SSSR count). The first kappa shape index (κ1) is 14.0. The minimum Gasteiger partial charge on any atom is -0.504 e. The standard InChI is InChI=1S/C9H8O5.C2H6/c1-4(10)5-2-3-6(11)8(12)7(5)9(13)14;1-2/h2-3,11-12H,1H3,(H,13,14);1-2H3. The fourth-order valence-electron chi connectivity index (χ4n) is 1.09. The molecule has 3 N–H and O–H groups in total. The lowest BCUT2D eigenvalue weighted by molar-refractivity contribution is 0.0688. The molecular formula is C11H14O5. The smallest absolute Gasteiger partial charge is 0.340 e. The number of Topliss-reactive ketones (excluding diaryl/α,β-unsaturated/α-hetero) is 1. The van der Waals surface area contributed by atoms with Crippen molar-refractivity contribution in [3.8, 4) is 11.5 Å². The van der Waals surface area contributed by atoms with Crippen molar-refractivity contribution in [2.75, 3.05) is 0 Å². The minimum absolute atomic E-state index is 0.132. The van der Waals surface area contributed by atoms with Crippen LogP contribution in [0.5, 0.6) is 11.5 Å². The van der Waals surface area contributed by atoms with E-state index in [9.17, 15) is 14.7 Å². The van der Waals surface area contributed by atoms with E-state index in [-0.39, 0.29) is 5.56 Å². The Kier molecular flexibility index (Phi) is 5.01. The highest BCUT2D eigenvalue weighted by atomic mass is 16.4. The molecule has 0 heterocycles. The van der Waals surface area contributed by atoms with E-state index < -0.39 is 28.8 Å². The Labute approximate surface area is 93.0 Å². The molecule has 16 heavy (non-hydrogen) atoms. The molecule has 0 bridgehead atoms. The predicted octanol–water partition coefficient (Wildman–Crippen LogP) is 2.02. The van der Waals surface area contributed by atoms with Crippen LogP contribution in [-0.4, -0.2) is 27.1 Å². The van der Waals surface area contributed by atoms with Crippen LogP contribution in [0.2, 0.25) is 0 Å². The van der Waals surface area contributed by atoms with Crippen LogP contribution in [0.15, 0.2) is 12.1 Å². The average molecular weight is 226 g/mol. The van der Waals surface area contributed by atoms with Crippen molar-refractivity contribution >= 4 is 11.8 Å². The molecule has 1 aromatic carbocycles. The van der Waals surface area contributed by atoms with E-state index in [1.807, 2.05) is 13.8 Å². The van der Waals surface area contributed by atoms with Gasteiger partial charge in [-0.1, -0.05) is 13.8 Å². The van der Waals surface area contributed by atoms with Crippen LogP contribution in [0.3, 0.4) is 0 Å². The molecule has 1 aromatic rings. The van der Waals surface area contributed by atoms with Crippen molar-refractivity contribution in [3.05, 3.63) is 23.3 Å². The lowest BCUT2D eigenvalue weighted by Crippen LogP contribution is -2.06. The summed E-state index contributed by atoms with van der Waals surface area (Å²) in [5.74, 6) is -3.29. The molecule has 0 unspecified atom stereocenters. The van der Waals surface area contributed by atoms with Gasteiger partial charge in [0.2, 0.25) is 0 Å². The average Bonchev–Trinajstić information content (AvgIpc) is 2.23. The van der Waals surface area contributed by atoms with Gasteiger partial charge in [-0.15, -0.1) is 0 Å². The van der Waals surface area contributed by atoms with Crippen molar-refractivity contribution in [2.45, 2.75) is 20.8 Å². The van der Waals surface area contributed by atoms with Gasteiger partial charge in [0.1, 0.15) is 5.56 Å². The molecular weight excluding hydrogens is 212 g/mol. The Morgan fingerprint density at radius 2 is 1.62 bits per heavy atom. The number of carboxylic acid groups (broad SMARTS) is 1. The second-order valence-corrected chi connectivity index (χ2v) is 2.72. The summed E-state index contributed by atoms with van der Waals surface area (Å²) in [4.78, 5) is 21.7. The van der Waals surface area contributed by atoms with Crippen LogP contribution in [-0.2, 0) is 0 Å². The number of phenolic OH excluding ortho intramolecular Hbond substituents is 1. The Bertz CT molecular complexity index is 409. The molecule has 0 spiro atoms. The van der Waals surface area contributed by atoms with Gasteiger partial charge in [-0.2, -0.15) is 0 Å². The predicted molar refractivity (Wildman–Crippen MR) is 58.1 cm³/mol. The van der Waals surface area contributed by atoms with Crippen LogP contribution in [0.1, 0.15) is 41.5 Å². The number of ketones is 1. The van der Waals surface area contributed by atoms with Crippen molar-refractivity contribution in [2.24, 2.45) is 0 Å². The molecule has 0 fully saturated rings. The molecule has 0 radical (unpaired) electrons. The molecule has 0 saturated heterocycles. The van der Waals surface area contributed by atoms with Gasteiger partial charge in [-0.05, 0) is 19.1 Å². The lowest BCUT2D eigenvalue weighted by Gasteiger charge is -2.05. The zero-order valence-electron chi connectivity index (χ0n) is 9.31. The SMILES string of the molecule is CC.CC(=O)c1ccc(O)c(O)c1C(=O)O. The number of carbonyl (C=O) groups is 2. The third-order valence-corrected chi connectivity index (χ3v) is 1.75. The number of hydrogen-bond donors (Lipinski definition) is 3. The zero-order valence-corrected chi connectivity index (χ0v) is 9.31. The lowest BCUT2D eigenvalue weighted by atomic mass is 10.0. The summed E-state index contributed by atoms with van der Waals surface area (Å²) < 4.78 is 0. The highest BCUT2D eigenvalue weighted by molar-refractivity contribution is 6.06. The Morgan fingerprint density at radius 1 is 1.12 bits per heavy atom. The Balaban J connectivity index is 0.00000106. The largest absolute Gasteiger partial charge is 0.504 e. The van der Waals surface area contributed by atoms with Gasteiger partial charge >= 0.3 is 5.97 Å². The molecule has 0 atom stereocenters. The maximum absolute atomic E-state index is 11.0. The monoisotopic (exact) mass is 226 g/mol. The third-order valence-electron chi connectivity index (χ3n) is 1.75. The van der Waals surface area contributed by atoms with Crippen LogP contribution in [0.25, 0.3) is 0 Å². The number of rotatable bonds is 2. The van der Waals surface area contributed by atoms with Crippen molar-refractivity contribution < 1.29 is 24.9 Å². The van der Waals surface area contributed by atoms with Crippen LogP contribution < -0.4 is 0 Å². The number of hydrogen-bond acceptors (Lipinski definition) is 4. The van der Waals surface area contributed by atoms with Gasteiger partial charge in [-0.3, -0.25) is 4.79 Å². The summed E-state index contributed by atoms with van der Waals surface area (Å²) in [6.45, 7) is 5.18. The Morgan fingerprint density at radius 3 is 2.00 bits per heavy atom. The number of phenols is 2. The second-order valence-electron chi connectivity index (χ2n) is 2.72. The van der Waals surface area contributed by atoms with Crippen molar-refractivity contribution in [1.82, 2.24) is 0 Å². The number of carbonyl (C=O) groups excluding carboxylic acids is 1. The zero-order chi connectivity index (χ0) is 12.9. The van der Waals surface area contributed by atoms with E-state index in [4.69, 9.17) is 10.2 Å². The number of carboxylic acids is 1. The normalized spacial score (nSPS) is 8.94. The number of aromatic hydroxyl groups is 2. The molecule has 88 valence electrons. The van der Waals surface area contributed by atoms with Gasteiger partial charge < -0.3 is 15.3 Å². The Hall–Kier alpha value is -2.04. The van der Waals surface area contributed by atoms with Gasteiger partial charge in [-0.25, -0.2) is 4.79 Å². The van der Waals surface area contributed by atoms with E-state index in [1.54, 1.807) is 0 Å². The maximum Gasteiger partial charge on any atom is 0.340 e. The van der Waals surface area contributed by atoms with Crippen molar-refractivity contribution in [1.29, 1.82) is 0 Å². The topological polar surface area (TPSA) is 94.8 Å². The summed E-state index contributed by atoms with van der Waals surface area (Å²) in [5.41, 5.74) is -0.703. The summed E-state index contributed by atoms with van der Waals surface area (Å²) in [7, 11) is 0. The number of aromatic carboxylic acids is 1. The van der Waals surface area contributed by atoms with E-state index in [1.165, 1.54) is 6.92 Å². The van der Waals surface area contributed by atoms with Gasteiger partial charge in [0.15, 0.2) is 17.3 Å². The molecule has 5 nitrogen and oxygen atoms in total. The maximum atomic E-state index is 11.0.